The van der Waals surface area contributed by atoms with Crippen molar-refractivity contribution in [2.75, 3.05) is 0 Å². The van der Waals surface area contributed by atoms with Crippen molar-refractivity contribution in [2.24, 2.45) is 0 Å². The minimum Gasteiger partial charge on any atom is -0.339 e. The molecule has 0 aliphatic heterocycles. The normalized spacial score (nSPS) is 11.5. The molecule has 1 aromatic heterocycles. The average molecular weight is 419 g/mol. The van der Waals surface area contributed by atoms with E-state index in [0.29, 0.717) is 5.56 Å². The molecule has 5 nitrogen and oxygen atoms in total. The topological polar surface area (TPSA) is 78.7 Å². The van der Waals surface area contributed by atoms with Gasteiger partial charge in [0.2, 0.25) is 0 Å². The summed E-state index contributed by atoms with van der Waals surface area (Å²) in [5.74, 6) is -2.15. The van der Waals surface area contributed by atoms with Gasteiger partial charge in [-0.1, -0.05) is 29.3 Å². The first-order valence-corrected chi connectivity index (χ1v) is 8.57. The maximum absolute atomic E-state index is 13.9. The van der Waals surface area contributed by atoms with Crippen LogP contribution in [0.1, 0.15) is 33.2 Å². The van der Waals surface area contributed by atoms with E-state index in [2.05, 4.69) is 15.3 Å². The van der Waals surface area contributed by atoms with Crippen molar-refractivity contribution in [2.45, 2.75) is 6.04 Å². The molecule has 0 aliphatic rings. The van der Waals surface area contributed by atoms with Crippen LogP contribution in [0.5, 0.6) is 0 Å². The molecule has 0 saturated carbocycles. The molecule has 140 valence electrons. The lowest BCUT2D eigenvalue weighted by Crippen LogP contribution is -2.30. The van der Waals surface area contributed by atoms with Crippen molar-refractivity contribution >= 4 is 29.1 Å². The van der Waals surface area contributed by atoms with Crippen LogP contribution in [0.4, 0.5) is 8.78 Å². The number of halogens is 4. The molecule has 1 atom stereocenters. The zero-order valence-corrected chi connectivity index (χ0v) is 15.5. The van der Waals surface area contributed by atoms with Crippen LogP contribution in [0.3, 0.4) is 0 Å². The second kappa shape index (κ2) is 8.30. The summed E-state index contributed by atoms with van der Waals surface area (Å²) in [5.41, 5.74) is 0.434. The molecular weight excluding hydrogens is 409 g/mol. The van der Waals surface area contributed by atoms with Gasteiger partial charge in [0.1, 0.15) is 22.9 Å². The van der Waals surface area contributed by atoms with Crippen LogP contribution in [0, 0.1) is 23.0 Å². The maximum Gasteiger partial charge on any atom is 0.252 e. The number of carbonyl (C=O) groups is 1. The Morgan fingerprint density at radius 1 is 1.07 bits per heavy atom. The summed E-state index contributed by atoms with van der Waals surface area (Å²) in [6.45, 7) is 0. The second-order valence-corrected chi connectivity index (χ2v) is 6.44. The van der Waals surface area contributed by atoms with Gasteiger partial charge < -0.3 is 5.32 Å². The van der Waals surface area contributed by atoms with Crippen LogP contribution in [0.2, 0.25) is 10.2 Å². The summed E-state index contributed by atoms with van der Waals surface area (Å²) >= 11 is 11.5. The molecule has 0 bridgehead atoms. The van der Waals surface area contributed by atoms with E-state index >= 15 is 0 Å². The Labute approximate surface area is 168 Å². The Morgan fingerprint density at radius 3 is 2.46 bits per heavy atom. The highest BCUT2D eigenvalue weighted by Crippen LogP contribution is 2.25. The van der Waals surface area contributed by atoms with E-state index in [4.69, 9.17) is 28.5 Å². The maximum atomic E-state index is 13.9. The van der Waals surface area contributed by atoms with E-state index in [-0.39, 0.29) is 27.0 Å². The predicted molar refractivity (Wildman–Crippen MR) is 98.9 cm³/mol. The van der Waals surface area contributed by atoms with Crippen LogP contribution in [-0.4, -0.2) is 15.9 Å². The second-order valence-electron chi connectivity index (χ2n) is 5.65. The SMILES string of the molecule is N#Cc1ccc(C(=O)N[C@H](c2ccc(Cl)c(F)c2)c2cnc(Cl)cn2)cc1F. The lowest BCUT2D eigenvalue weighted by Gasteiger charge is -2.19. The number of benzene rings is 2. The molecule has 0 saturated heterocycles. The number of nitriles is 1. The van der Waals surface area contributed by atoms with Crippen molar-refractivity contribution < 1.29 is 13.6 Å². The Bertz CT molecular complexity index is 1080. The summed E-state index contributed by atoms with van der Waals surface area (Å²) in [6.07, 6.45) is 2.61. The molecule has 0 unspecified atom stereocenters. The molecule has 2 aromatic carbocycles. The minimum absolute atomic E-state index is 0.0159. The van der Waals surface area contributed by atoms with Crippen molar-refractivity contribution in [1.82, 2.24) is 15.3 Å². The number of rotatable bonds is 4. The first kappa shape index (κ1) is 19.7. The lowest BCUT2D eigenvalue weighted by molar-refractivity contribution is 0.0941. The zero-order valence-electron chi connectivity index (χ0n) is 14.0. The van der Waals surface area contributed by atoms with E-state index in [1.807, 2.05) is 0 Å². The number of hydrogen-bond acceptors (Lipinski definition) is 4. The molecule has 0 fully saturated rings. The molecule has 1 heterocycles. The third kappa shape index (κ3) is 4.25. The first-order chi connectivity index (χ1) is 13.4. The standard InChI is InChI=1S/C19H10Cl2F2N4O/c20-13-4-3-10(5-15(13)23)18(16-8-26-17(21)9-25-16)27-19(28)11-1-2-12(7-24)14(22)6-11/h1-6,8-9,18H,(H,27,28)/t18-/m1/s1. The van der Waals surface area contributed by atoms with Crippen LogP contribution in [0.15, 0.2) is 48.8 Å². The Morgan fingerprint density at radius 2 is 1.86 bits per heavy atom. The van der Waals surface area contributed by atoms with Gasteiger partial charge in [-0.3, -0.25) is 9.78 Å². The monoisotopic (exact) mass is 418 g/mol. The molecule has 9 heteroatoms. The third-order valence-corrected chi connectivity index (χ3v) is 4.34. The molecule has 28 heavy (non-hydrogen) atoms. The first-order valence-electron chi connectivity index (χ1n) is 7.82. The molecule has 0 aliphatic carbocycles. The summed E-state index contributed by atoms with van der Waals surface area (Å²) in [7, 11) is 0. The third-order valence-electron chi connectivity index (χ3n) is 3.84. The van der Waals surface area contributed by atoms with Crippen molar-refractivity contribution in [3.8, 4) is 6.07 Å². The van der Waals surface area contributed by atoms with Crippen molar-refractivity contribution in [3.05, 3.63) is 93.0 Å². The Kier molecular flexibility index (Phi) is 5.83. The Hall–Kier alpha value is -3.08. The number of nitrogens with zero attached hydrogens (tertiary/aromatic N) is 3. The van der Waals surface area contributed by atoms with Crippen LogP contribution in [0.25, 0.3) is 0 Å². The molecule has 0 radical (unpaired) electrons. The van der Waals surface area contributed by atoms with Gasteiger partial charge >= 0.3 is 0 Å². The summed E-state index contributed by atoms with van der Waals surface area (Å²) < 4.78 is 27.8. The summed E-state index contributed by atoms with van der Waals surface area (Å²) in [5, 5.41) is 11.5. The highest BCUT2D eigenvalue weighted by Gasteiger charge is 2.21. The van der Waals surface area contributed by atoms with Gasteiger partial charge in [-0.15, -0.1) is 0 Å². The number of carbonyl (C=O) groups excluding carboxylic acids is 1. The van der Waals surface area contributed by atoms with Crippen LogP contribution < -0.4 is 5.32 Å². The van der Waals surface area contributed by atoms with Gasteiger partial charge in [0.25, 0.3) is 5.91 Å². The van der Waals surface area contributed by atoms with E-state index in [0.717, 1.165) is 12.1 Å². The van der Waals surface area contributed by atoms with E-state index in [9.17, 15) is 13.6 Å². The minimum atomic E-state index is -0.900. The van der Waals surface area contributed by atoms with Gasteiger partial charge in [-0.25, -0.2) is 13.8 Å². The lowest BCUT2D eigenvalue weighted by atomic mass is 10.0. The zero-order chi connectivity index (χ0) is 20.3. The van der Waals surface area contributed by atoms with Gasteiger partial charge in [0.15, 0.2) is 0 Å². The fourth-order valence-electron chi connectivity index (χ4n) is 2.45. The highest BCUT2D eigenvalue weighted by atomic mass is 35.5. The fraction of sp³-hybridized carbons (Fsp3) is 0.0526. The number of amides is 1. The van der Waals surface area contributed by atoms with Crippen molar-refractivity contribution in [3.63, 3.8) is 0 Å². The smallest absolute Gasteiger partial charge is 0.252 e. The van der Waals surface area contributed by atoms with Crippen molar-refractivity contribution in [1.29, 1.82) is 5.26 Å². The van der Waals surface area contributed by atoms with Crippen LogP contribution >= 0.6 is 23.2 Å². The van der Waals surface area contributed by atoms with Gasteiger partial charge in [0.05, 0.1) is 34.7 Å². The van der Waals surface area contributed by atoms with E-state index < -0.39 is 23.6 Å². The molecule has 0 spiro atoms. The predicted octanol–water partition coefficient (Wildman–Crippen LogP) is 4.45. The quantitative estimate of drug-likeness (QED) is 0.678. The number of nitrogens with one attached hydrogen (secondary N) is 1. The molecule has 1 amide bonds. The molecule has 1 N–H and O–H groups in total. The highest BCUT2D eigenvalue weighted by molar-refractivity contribution is 6.30. The van der Waals surface area contributed by atoms with Crippen LogP contribution in [-0.2, 0) is 0 Å². The molecule has 3 rings (SSSR count). The molecular formula is C19H10Cl2F2N4O. The van der Waals surface area contributed by atoms with E-state index in [1.54, 1.807) is 6.07 Å². The van der Waals surface area contributed by atoms with E-state index in [1.165, 1.54) is 36.7 Å². The number of aromatic nitrogens is 2. The summed E-state index contributed by atoms with van der Waals surface area (Å²) in [6, 6.07) is 8.25. The van der Waals surface area contributed by atoms with Gasteiger partial charge in [-0.05, 0) is 35.9 Å². The van der Waals surface area contributed by atoms with Gasteiger partial charge in [0, 0.05) is 5.56 Å². The van der Waals surface area contributed by atoms with Gasteiger partial charge in [-0.2, -0.15) is 5.26 Å². The Balaban J connectivity index is 1.98. The number of hydrogen-bond donors (Lipinski definition) is 1. The fourth-order valence-corrected chi connectivity index (χ4v) is 2.67. The largest absolute Gasteiger partial charge is 0.339 e. The molecule has 3 aromatic rings. The summed E-state index contributed by atoms with van der Waals surface area (Å²) in [4.78, 5) is 20.7. The average Bonchev–Trinajstić information content (AvgIpc) is 2.69.